The minimum Gasteiger partial charge on any atom is -0.465 e. The molecule has 0 aromatic heterocycles. The third kappa shape index (κ3) is 3.80. The summed E-state index contributed by atoms with van der Waals surface area (Å²) in [5, 5.41) is 2.16. The Morgan fingerprint density at radius 1 is 1.11 bits per heavy atom. The maximum Gasteiger partial charge on any atom is 0.337 e. The molecule has 1 aliphatic heterocycles. The molecule has 0 saturated carbocycles. The molecule has 1 saturated heterocycles. The number of urea groups is 1. The molecular formula is C19H13BrN2O5. The molecule has 0 unspecified atom stereocenters. The number of imide groups is 2. The molecule has 4 amide bonds. The first-order chi connectivity index (χ1) is 12.9. The van der Waals surface area contributed by atoms with E-state index in [1.54, 1.807) is 36.4 Å². The van der Waals surface area contributed by atoms with Crippen LogP contribution in [0.15, 0.2) is 58.6 Å². The third-order valence-electron chi connectivity index (χ3n) is 3.81. The van der Waals surface area contributed by atoms with E-state index in [2.05, 4.69) is 26.0 Å². The van der Waals surface area contributed by atoms with Crippen molar-refractivity contribution in [2.24, 2.45) is 0 Å². The summed E-state index contributed by atoms with van der Waals surface area (Å²) in [7, 11) is 1.27. The van der Waals surface area contributed by atoms with Crippen molar-refractivity contribution < 1.29 is 23.9 Å². The van der Waals surface area contributed by atoms with Gasteiger partial charge in [-0.05, 0) is 42.0 Å². The molecule has 1 heterocycles. The van der Waals surface area contributed by atoms with Gasteiger partial charge in [-0.3, -0.25) is 14.9 Å². The highest BCUT2D eigenvalue weighted by Gasteiger charge is 2.36. The highest BCUT2D eigenvalue weighted by Crippen LogP contribution is 2.24. The monoisotopic (exact) mass is 428 g/mol. The number of nitrogens with zero attached hydrogens (tertiary/aromatic N) is 1. The van der Waals surface area contributed by atoms with Crippen molar-refractivity contribution in [3.8, 4) is 0 Å². The Hall–Kier alpha value is -3.26. The van der Waals surface area contributed by atoms with Crippen molar-refractivity contribution in [1.29, 1.82) is 0 Å². The molecule has 27 heavy (non-hydrogen) atoms. The van der Waals surface area contributed by atoms with Gasteiger partial charge in [0.25, 0.3) is 11.8 Å². The van der Waals surface area contributed by atoms with Crippen molar-refractivity contribution in [1.82, 2.24) is 5.32 Å². The number of hydrogen-bond acceptors (Lipinski definition) is 5. The Kier molecular flexibility index (Phi) is 5.18. The quantitative estimate of drug-likeness (QED) is 0.460. The molecule has 1 N–H and O–H groups in total. The Bertz CT molecular complexity index is 982. The van der Waals surface area contributed by atoms with E-state index in [0.717, 1.165) is 4.90 Å². The normalized spacial score (nSPS) is 15.7. The van der Waals surface area contributed by atoms with E-state index in [9.17, 15) is 19.2 Å². The number of rotatable bonds is 3. The van der Waals surface area contributed by atoms with Crippen LogP contribution in [0.4, 0.5) is 10.5 Å². The molecule has 1 fully saturated rings. The van der Waals surface area contributed by atoms with Gasteiger partial charge >= 0.3 is 12.0 Å². The second kappa shape index (κ2) is 7.55. The van der Waals surface area contributed by atoms with Crippen LogP contribution in [-0.2, 0) is 14.3 Å². The summed E-state index contributed by atoms with van der Waals surface area (Å²) in [6, 6.07) is 11.9. The van der Waals surface area contributed by atoms with Gasteiger partial charge in [-0.25, -0.2) is 14.5 Å². The zero-order valence-corrected chi connectivity index (χ0v) is 15.6. The molecule has 0 aliphatic carbocycles. The Labute approximate surface area is 162 Å². The minimum atomic E-state index is -0.818. The molecule has 2 aromatic rings. The van der Waals surface area contributed by atoms with Gasteiger partial charge in [-0.15, -0.1) is 0 Å². The van der Waals surface area contributed by atoms with E-state index in [1.807, 2.05) is 0 Å². The highest BCUT2D eigenvalue weighted by molar-refractivity contribution is 9.10. The average molecular weight is 429 g/mol. The summed E-state index contributed by atoms with van der Waals surface area (Å²) in [6.45, 7) is 0. The zero-order chi connectivity index (χ0) is 19.6. The molecule has 3 rings (SSSR count). The third-order valence-corrected chi connectivity index (χ3v) is 4.30. The number of nitrogens with one attached hydrogen (secondary N) is 1. The minimum absolute atomic E-state index is 0.194. The summed E-state index contributed by atoms with van der Waals surface area (Å²) >= 11 is 3.28. The fourth-order valence-electron chi connectivity index (χ4n) is 2.51. The number of barbiturate groups is 1. The van der Waals surface area contributed by atoms with E-state index in [1.165, 1.54) is 25.3 Å². The molecule has 2 aromatic carbocycles. The summed E-state index contributed by atoms with van der Waals surface area (Å²) in [6.07, 6.45) is 1.36. The van der Waals surface area contributed by atoms with Crippen LogP contribution in [0.1, 0.15) is 15.9 Å². The zero-order valence-electron chi connectivity index (χ0n) is 14.1. The number of carbonyl (C=O) groups excluding carboxylic acids is 4. The number of anilines is 1. The Balaban J connectivity index is 1.95. The largest absolute Gasteiger partial charge is 0.465 e. The van der Waals surface area contributed by atoms with Gasteiger partial charge < -0.3 is 4.74 Å². The van der Waals surface area contributed by atoms with Crippen molar-refractivity contribution in [2.45, 2.75) is 0 Å². The molecule has 136 valence electrons. The van der Waals surface area contributed by atoms with Gasteiger partial charge in [0.15, 0.2) is 0 Å². The first-order valence-electron chi connectivity index (χ1n) is 7.76. The van der Waals surface area contributed by atoms with Crippen LogP contribution in [0.3, 0.4) is 0 Å². The fraction of sp³-hybridized carbons (Fsp3) is 0.0526. The maximum absolute atomic E-state index is 12.8. The molecule has 7 nitrogen and oxygen atoms in total. The smallest absolute Gasteiger partial charge is 0.337 e. The number of carbonyl (C=O) groups is 4. The summed E-state index contributed by atoms with van der Waals surface area (Å²) in [5.74, 6) is -2.01. The molecule has 0 radical (unpaired) electrons. The lowest BCUT2D eigenvalue weighted by molar-refractivity contribution is -0.122. The second-order valence-corrected chi connectivity index (χ2v) is 6.47. The number of halogens is 1. The molecular weight excluding hydrogens is 416 g/mol. The second-order valence-electron chi connectivity index (χ2n) is 5.55. The number of hydrogen-bond donors (Lipinski definition) is 1. The topological polar surface area (TPSA) is 92.8 Å². The van der Waals surface area contributed by atoms with Crippen molar-refractivity contribution in [2.75, 3.05) is 12.0 Å². The highest BCUT2D eigenvalue weighted by atomic mass is 79.9. The van der Waals surface area contributed by atoms with Crippen LogP contribution in [0.2, 0.25) is 0 Å². The first kappa shape index (κ1) is 18.5. The van der Waals surface area contributed by atoms with Crippen LogP contribution >= 0.6 is 15.9 Å². The summed E-state index contributed by atoms with van der Waals surface area (Å²) in [4.78, 5) is 49.4. The van der Waals surface area contributed by atoms with Gasteiger partial charge in [0.05, 0.1) is 18.4 Å². The number of ether oxygens (including phenoxy) is 1. The van der Waals surface area contributed by atoms with Crippen LogP contribution in [-0.4, -0.2) is 30.9 Å². The van der Waals surface area contributed by atoms with E-state index < -0.39 is 23.8 Å². The molecule has 1 aliphatic rings. The number of esters is 1. The number of methoxy groups -OCH3 is 1. The SMILES string of the molecule is COC(=O)c1ccc(/C=C2\C(=O)NC(=O)N(c3cccc(Br)c3)C2=O)cc1. The molecule has 8 heteroatoms. The van der Waals surface area contributed by atoms with Gasteiger partial charge in [-0.1, -0.05) is 34.1 Å². The van der Waals surface area contributed by atoms with Crippen molar-refractivity contribution in [3.05, 3.63) is 69.7 Å². The summed E-state index contributed by atoms with van der Waals surface area (Å²) < 4.78 is 5.31. The van der Waals surface area contributed by atoms with Crippen molar-refractivity contribution >= 4 is 51.5 Å². The maximum atomic E-state index is 12.8. The van der Waals surface area contributed by atoms with Crippen LogP contribution in [0, 0.1) is 0 Å². The van der Waals surface area contributed by atoms with E-state index in [-0.39, 0.29) is 5.57 Å². The lowest BCUT2D eigenvalue weighted by atomic mass is 10.1. The number of benzene rings is 2. The predicted octanol–water partition coefficient (Wildman–Crippen LogP) is 2.90. The fourth-order valence-corrected chi connectivity index (χ4v) is 2.89. The van der Waals surface area contributed by atoms with Crippen LogP contribution < -0.4 is 10.2 Å². The molecule has 0 atom stereocenters. The van der Waals surface area contributed by atoms with Gasteiger partial charge in [-0.2, -0.15) is 0 Å². The molecule has 0 spiro atoms. The van der Waals surface area contributed by atoms with Crippen LogP contribution in [0.5, 0.6) is 0 Å². The first-order valence-corrected chi connectivity index (χ1v) is 8.55. The molecule has 0 bridgehead atoms. The van der Waals surface area contributed by atoms with Gasteiger partial charge in [0.1, 0.15) is 5.57 Å². The average Bonchev–Trinajstić information content (AvgIpc) is 2.65. The Morgan fingerprint density at radius 2 is 1.81 bits per heavy atom. The van der Waals surface area contributed by atoms with Crippen LogP contribution in [0.25, 0.3) is 6.08 Å². The van der Waals surface area contributed by atoms with E-state index >= 15 is 0 Å². The van der Waals surface area contributed by atoms with Gasteiger partial charge in [0.2, 0.25) is 0 Å². The van der Waals surface area contributed by atoms with Crippen molar-refractivity contribution in [3.63, 3.8) is 0 Å². The standard InChI is InChI=1S/C19H13BrN2O5/c1-27-18(25)12-7-5-11(6-8-12)9-15-16(23)21-19(26)22(17(15)24)14-4-2-3-13(20)10-14/h2-10H,1H3,(H,21,23,26)/b15-9+. The van der Waals surface area contributed by atoms with E-state index in [4.69, 9.17) is 0 Å². The lowest BCUT2D eigenvalue weighted by Crippen LogP contribution is -2.54. The van der Waals surface area contributed by atoms with Gasteiger partial charge in [0, 0.05) is 4.47 Å². The lowest BCUT2D eigenvalue weighted by Gasteiger charge is -2.26. The summed E-state index contributed by atoms with van der Waals surface area (Å²) in [5.41, 5.74) is 0.987. The predicted molar refractivity (Wildman–Crippen MR) is 101 cm³/mol. The Morgan fingerprint density at radius 3 is 2.44 bits per heavy atom. The number of amides is 4. The van der Waals surface area contributed by atoms with E-state index in [0.29, 0.717) is 21.3 Å².